The van der Waals surface area contributed by atoms with Crippen molar-refractivity contribution in [1.29, 1.82) is 0 Å². The van der Waals surface area contributed by atoms with Crippen LogP contribution in [0.4, 0.5) is 0 Å². The minimum Gasteiger partial charge on any atom is -0.292 e. The Hall–Kier alpha value is -0.900. The fourth-order valence-corrected chi connectivity index (χ4v) is 2.51. The molecule has 0 aliphatic carbocycles. The van der Waals surface area contributed by atoms with Crippen molar-refractivity contribution < 1.29 is 4.79 Å². The quantitative estimate of drug-likeness (QED) is 0.792. The number of aryl methyl sites for hydroxylation is 1. The zero-order valence-corrected chi connectivity index (χ0v) is 11.4. The van der Waals surface area contributed by atoms with E-state index in [9.17, 15) is 4.79 Å². The van der Waals surface area contributed by atoms with Gasteiger partial charge in [0.25, 0.3) is 0 Å². The lowest BCUT2D eigenvalue weighted by atomic mass is 10.1. The Bertz CT molecular complexity index is 565. The van der Waals surface area contributed by atoms with Crippen LogP contribution in [0, 0.1) is 6.92 Å². The highest BCUT2D eigenvalue weighted by Gasteiger charge is 2.12. The summed E-state index contributed by atoms with van der Waals surface area (Å²) in [5, 5.41) is 3.73. The number of benzene rings is 1. The molecule has 17 heavy (non-hydrogen) atoms. The van der Waals surface area contributed by atoms with E-state index in [1.165, 1.54) is 11.3 Å². The molecule has 0 atom stereocenters. The van der Waals surface area contributed by atoms with E-state index in [1.54, 1.807) is 23.6 Å². The molecular weight excluding hydrogens is 277 g/mol. The molecule has 2 rings (SSSR count). The van der Waals surface area contributed by atoms with Crippen LogP contribution in [-0.4, -0.2) is 10.8 Å². The maximum Gasteiger partial charge on any atom is 0.186 e. The average molecular weight is 286 g/mol. The summed E-state index contributed by atoms with van der Waals surface area (Å²) in [5.41, 5.74) is 1.27. The van der Waals surface area contributed by atoms with Gasteiger partial charge < -0.3 is 0 Å². The first kappa shape index (κ1) is 12.6. The van der Waals surface area contributed by atoms with Gasteiger partial charge in [0.15, 0.2) is 5.78 Å². The van der Waals surface area contributed by atoms with Gasteiger partial charge in [0, 0.05) is 21.8 Å². The summed E-state index contributed by atoms with van der Waals surface area (Å²) in [7, 11) is 0. The van der Waals surface area contributed by atoms with Gasteiger partial charge in [0.2, 0.25) is 0 Å². The van der Waals surface area contributed by atoms with Gasteiger partial charge >= 0.3 is 0 Å². The van der Waals surface area contributed by atoms with Crippen LogP contribution in [0.5, 0.6) is 0 Å². The van der Waals surface area contributed by atoms with Crippen molar-refractivity contribution in [1.82, 2.24) is 4.98 Å². The van der Waals surface area contributed by atoms with Crippen molar-refractivity contribution in [2.45, 2.75) is 13.3 Å². The van der Waals surface area contributed by atoms with E-state index in [-0.39, 0.29) is 12.2 Å². The van der Waals surface area contributed by atoms with E-state index in [4.69, 9.17) is 23.2 Å². The van der Waals surface area contributed by atoms with E-state index >= 15 is 0 Å². The molecule has 5 heteroatoms. The lowest BCUT2D eigenvalue weighted by Gasteiger charge is -2.02. The van der Waals surface area contributed by atoms with Crippen molar-refractivity contribution in [3.05, 3.63) is 49.9 Å². The second-order valence-corrected chi connectivity index (χ2v) is 5.49. The lowest BCUT2D eigenvalue weighted by molar-refractivity contribution is 0.0989. The number of halogens is 2. The number of carbonyl (C=O) groups excluding carboxylic acids is 1. The molecule has 88 valence electrons. The molecule has 1 heterocycles. The monoisotopic (exact) mass is 285 g/mol. The third-order valence-electron chi connectivity index (χ3n) is 2.27. The standard InChI is InChI=1S/C12H9Cl2NOS/c1-7-15-11(6-17-7)12(16)4-8-2-3-9(13)5-10(8)14/h2-3,5-6H,4H2,1H3. The van der Waals surface area contributed by atoms with Crippen molar-refractivity contribution in [2.24, 2.45) is 0 Å². The summed E-state index contributed by atoms with van der Waals surface area (Å²) < 4.78 is 0. The molecule has 0 aliphatic heterocycles. The number of carbonyl (C=O) groups is 1. The van der Waals surface area contributed by atoms with Gasteiger partial charge in [-0.05, 0) is 24.6 Å². The van der Waals surface area contributed by atoms with Crippen LogP contribution in [0.1, 0.15) is 21.1 Å². The normalized spacial score (nSPS) is 10.5. The molecule has 0 bridgehead atoms. The SMILES string of the molecule is Cc1nc(C(=O)Cc2ccc(Cl)cc2Cl)cs1. The van der Waals surface area contributed by atoms with E-state index in [0.717, 1.165) is 10.6 Å². The Balaban J connectivity index is 2.18. The predicted octanol–water partition coefficient (Wildman–Crippen LogP) is 4.18. The lowest BCUT2D eigenvalue weighted by Crippen LogP contribution is -2.04. The van der Waals surface area contributed by atoms with Crippen LogP contribution in [0.3, 0.4) is 0 Å². The molecule has 1 aromatic heterocycles. The van der Waals surface area contributed by atoms with Crippen LogP contribution in [0.15, 0.2) is 23.6 Å². The molecule has 0 saturated heterocycles. The number of nitrogens with zero attached hydrogens (tertiary/aromatic N) is 1. The van der Waals surface area contributed by atoms with Crippen LogP contribution in [0.2, 0.25) is 10.0 Å². The summed E-state index contributed by atoms with van der Waals surface area (Å²) in [4.78, 5) is 16.1. The highest BCUT2D eigenvalue weighted by molar-refractivity contribution is 7.09. The predicted molar refractivity (Wildman–Crippen MR) is 71.3 cm³/mol. The topological polar surface area (TPSA) is 30.0 Å². The molecule has 0 amide bonds. The van der Waals surface area contributed by atoms with E-state index in [2.05, 4.69) is 4.98 Å². The Kier molecular flexibility index (Phi) is 3.82. The van der Waals surface area contributed by atoms with Gasteiger partial charge in [0.1, 0.15) is 5.69 Å². The first-order valence-corrected chi connectivity index (χ1v) is 6.59. The number of hydrogen-bond donors (Lipinski definition) is 0. The van der Waals surface area contributed by atoms with Gasteiger partial charge in [-0.15, -0.1) is 11.3 Å². The third-order valence-corrected chi connectivity index (χ3v) is 3.63. The van der Waals surface area contributed by atoms with Crippen molar-refractivity contribution in [3.8, 4) is 0 Å². The van der Waals surface area contributed by atoms with Gasteiger partial charge in [0.05, 0.1) is 5.01 Å². The molecule has 2 aromatic rings. The minimum absolute atomic E-state index is 0.0291. The van der Waals surface area contributed by atoms with E-state index in [1.807, 2.05) is 6.92 Å². The number of aromatic nitrogens is 1. The molecule has 1 aromatic carbocycles. The smallest absolute Gasteiger partial charge is 0.186 e. The summed E-state index contributed by atoms with van der Waals surface area (Å²) in [5.74, 6) is -0.0291. The number of ketones is 1. The summed E-state index contributed by atoms with van der Waals surface area (Å²) in [6.45, 7) is 1.87. The molecule has 0 unspecified atom stereocenters. The summed E-state index contributed by atoms with van der Waals surface area (Å²) in [6, 6.07) is 5.13. The molecule has 0 aliphatic rings. The maximum atomic E-state index is 11.9. The Morgan fingerprint density at radius 1 is 1.41 bits per heavy atom. The highest BCUT2D eigenvalue weighted by atomic mass is 35.5. The molecule has 0 N–H and O–H groups in total. The number of rotatable bonds is 3. The molecular formula is C12H9Cl2NOS. The van der Waals surface area contributed by atoms with Crippen molar-refractivity contribution >= 4 is 40.3 Å². The zero-order valence-electron chi connectivity index (χ0n) is 9.04. The molecule has 2 nitrogen and oxygen atoms in total. The number of Topliss-reactive ketones (excluding diaryl/α,β-unsaturated/α-hetero) is 1. The van der Waals surface area contributed by atoms with Crippen molar-refractivity contribution in [3.63, 3.8) is 0 Å². The second kappa shape index (κ2) is 5.17. The first-order chi connectivity index (χ1) is 8.06. The fraction of sp³-hybridized carbons (Fsp3) is 0.167. The minimum atomic E-state index is -0.0291. The van der Waals surface area contributed by atoms with Gasteiger partial charge in [-0.2, -0.15) is 0 Å². The summed E-state index contributed by atoms with van der Waals surface area (Å²) in [6.07, 6.45) is 0.249. The van der Waals surface area contributed by atoms with Crippen LogP contribution < -0.4 is 0 Å². The van der Waals surface area contributed by atoms with Gasteiger partial charge in [-0.1, -0.05) is 29.3 Å². The Morgan fingerprint density at radius 2 is 2.18 bits per heavy atom. The first-order valence-electron chi connectivity index (χ1n) is 4.95. The van der Waals surface area contributed by atoms with Crippen LogP contribution in [0.25, 0.3) is 0 Å². The molecule has 0 radical (unpaired) electrons. The van der Waals surface area contributed by atoms with Crippen molar-refractivity contribution in [2.75, 3.05) is 0 Å². The highest BCUT2D eigenvalue weighted by Crippen LogP contribution is 2.22. The average Bonchev–Trinajstić information content (AvgIpc) is 2.69. The van der Waals surface area contributed by atoms with E-state index in [0.29, 0.717) is 15.7 Å². The number of thiazole rings is 1. The molecule has 0 fully saturated rings. The fourth-order valence-electron chi connectivity index (χ4n) is 1.42. The van der Waals surface area contributed by atoms with Crippen LogP contribution >= 0.6 is 34.5 Å². The Labute approximate surface area is 113 Å². The summed E-state index contributed by atoms with van der Waals surface area (Å²) >= 11 is 13.3. The third kappa shape index (κ3) is 3.06. The maximum absolute atomic E-state index is 11.9. The van der Waals surface area contributed by atoms with Gasteiger partial charge in [-0.25, -0.2) is 4.98 Å². The van der Waals surface area contributed by atoms with E-state index < -0.39 is 0 Å². The van der Waals surface area contributed by atoms with Gasteiger partial charge in [-0.3, -0.25) is 4.79 Å². The molecule has 0 spiro atoms. The zero-order chi connectivity index (χ0) is 12.4. The Morgan fingerprint density at radius 3 is 2.76 bits per heavy atom. The van der Waals surface area contributed by atoms with Crippen LogP contribution in [-0.2, 0) is 6.42 Å². The largest absolute Gasteiger partial charge is 0.292 e. The molecule has 0 saturated carbocycles. The second-order valence-electron chi connectivity index (χ2n) is 3.59. The number of hydrogen-bond acceptors (Lipinski definition) is 3.